The maximum atomic E-state index is 3.55. The van der Waals surface area contributed by atoms with Crippen LogP contribution in [0.3, 0.4) is 0 Å². The van der Waals surface area contributed by atoms with E-state index in [4.69, 9.17) is 0 Å². The molecule has 0 radical (unpaired) electrons. The summed E-state index contributed by atoms with van der Waals surface area (Å²) in [5.74, 6) is 0.821. The van der Waals surface area contributed by atoms with E-state index in [2.05, 4.69) is 35.9 Å². The van der Waals surface area contributed by atoms with Crippen LogP contribution in [0.1, 0.15) is 23.8 Å². The van der Waals surface area contributed by atoms with Crippen molar-refractivity contribution in [2.45, 2.75) is 32.9 Å². The third-order valence-electron chi connectivity index (χ3n) is 3.31. The molecular formula is C12H20N2S. The van der Waals surface area contributed by atoms with E-state index in [-0.39, 0.29) is 0 Å². The van der Waals surface area contributed by atoms with Gasteiger partial charge in [0.1, 0.15) is 0 Å². The maximum absolute atomic E-state index is 3.55. The fourth-order valence-electron chi connectivity index (χ4n) is 2.10. The molecule has 15 heavy (non-hydrogen) atoms. The van der Waals surface area contributed by atoms with Crippen molar-refractivity contribution in [3.63, 3.8) is 0 Å². The van der Waals surface area contributed by atoms with E-state index in [1.165, 1.54) is 23.4 Å². The number of thiophene rings is 1. The van der Waals surface area contributed by atoms with Gasteiger partial charge in [0.2, 0.25) is 0 Å². The van der Waals surface area contributed by atoms with Gasteiger partial charge in [-0.1, -0.05) is 6.92 Å². The zero-order valence-electron chi connectivity index (χ0n) is 9.55. The van der Waals surface area contributed by atoms with Crippen LogP contribution in [0.5, 0.6) is 0 Å². The standard InChI is InChI=1S/C12H20N2S/c1-9-3-5-14-11(9)7-13-8-12-10(2)4-6-15-12/h4,6,9,11,13-14H,3,5,7-8H2,1-2H3. The van der Waals surface area contributed by atoms with E-state index in [1.807, 2.05) is 11.3 Å². The number of aryl methyl sites for hydroxylation is 1. The molecule has 0 saturated carbocycles. The molecule has 2 atom stereocenters. The summed E-state index contributed by atoms with van der Waals surface area (Å²) < 4.78 is 0. The first-order chi connectivity index (χ1) is 7.27. The molecule has 1 saturated heterocycles. The lowest BCUT2D eigenvalue weighted by atomic mass is 10.0. The third-order valence-corrected chi connectivity index (χ3v) is 4.33. The topological polar surface area (TPSA) is 24.1 Å². The second-order valence-electron chi connectivity index (χ2n) is 4.48. The van der Waals surface area contributed by atoms with Gasteiger partial charge in [0.05, 0.1) is 0 Å². The lowest BCUT2D eigenvalue weighted by Crippen LogP contribution is -2.36. The fraction of sp³-hybridized carbons (Fsp3) is 0.667. The molecule has 2 heterocycles. The van der Waals surface area contributed by atoms with Gasteiger partial charge in [-0.15, -0.1) is 11.3 Å². The Labute approximate surface area is 96.1 Å². The highest BCUT2D eigenvalue weighted by molar-refractivity contribution is 7.10. The Hall–Kier alpha value is -0.380. The van der Waals surface area contributed by atoms with Crippen LogP contribution in [0.25, 0.3) is 0 Å². The van der Waals surface area contributed by atoms with Crippen LogP contribution in [0, 0.1) is 12.8 Å². The van der Waals surface area contributed by atoms with Gasteiger partial charge in [-0.2, -0.15) is 0 Å². The fourth-order valence-corrected chi connectivity index (χ4v) is 2.97. The molecule has 0 aromatic carbocycles. The van der Waals surface area contributed by atoms with Gasteiger partial charge in [-0.25, -0.2) is 0 Å². The minimum absolute atomic E-state index is 0.672. The van der Waals surface area contributed by atoms with Crippen molar-refractivity contribution in [3.05, 3.63) is 21.9 Å². The quantitative estimate of drug-likeness (QED) is 0.819. The molecule has 1 aromatic rings. The number of hydrogen-bond acceptors (Lipinski definition) is 3. The van der Waals surface area contributed by atoms with E-state index in [1.54, 1.807) is 0 Å². The van der Waals surface area contributed by atoms with Gasteiger partial charge in [0, 0.05) is 24.0 Å². The van der Waals surface area contributed by atoms with Crippen LogP contribution in [0.4, 0.5) is 0 Å². The summed E-state index contributed by atoms with van der Waals surface area (Å²) >= 11 is 1.85. The maximum Gasteiger partial charge on any atom is 0.0303 e. The van der Waals surface area contributed by atoms with Crippen LogP contribution in [0.15, 0.2) is 11.4 Å². The second kappa shape index (κ2) is 5.10. The summed E-state index contributed by atoms with van der Waals surface area (Å²) in [6, 6.07) is 2.86. The summed E-state index contributed by atoms with van der Waals surface area (Å²) in [5.41, 5.74) is 1.42. The lowest BCUT2D eigenvalue weighted by Gasteiger charge is -2.16. The van der Waals surface area contributed by atoms with E-state index < -0.39 is 0 Å². The van der Waals surface area contributed by atoms with Gasteiger partial charge in [0.25, 0.3) is 0 Å². The van der Waals surface area contributed by atoms with Crippen molar-refractivity contribution in [1.82, 2.24) is 10.6 Å². The predicted octanol–water partition coefficient (Wildman–Crippen LogP) is 2.14. The second-order valence-corrected chi connectivity index (χ2v) is 5.48. The average Bonchev–Trinajstić information content (AvgIpc) is 2.78. The first kappa shape index (κ1) is 11.1. The highest BCUT2D eigenvalue weighted by Crippen LogP contribution is 2.16. The number of hydrogen-bond donors (Lipinski definition) is 2. The van der Waals surface area contributed by atoms with Crippen molar-refractivity contribution >= 4 is 11.3 Å². The molecule has 0 spiro atoms. The Morgan fingerprint density at radius 1 is 1.60 bits per heavy atom. The molecule has 1 aliphatic heterocycles. The van der Waals surface area contributed by atoms with Crippen LogP contribution < -0.4 is 10.6 Å². The Morgan fingerprint density at radius 2 is 2.47 bits per heavy atom. The Kier molecular flexibility index (Phi) is 3.78. The Morgan fingerprint density at radius 3 is 3.07 bits per heavy atom. The zero-order valence-corrected chi connectivity index (χ0v) is 10.4. The minimum atomic E-state index is 0.672. The molecule has 3 heteroatoms. The summed E-state index contributed by atoms with van der Waals surface area (Å²) in [5, 5.41) is 9.26. The molecular weight excluding hydrogens is 204 g/mol. The van der Waals surface area contributed by atoms with Crippen molar-refractivity contribution in [2.75, 3.05) is 13.1 Å². The normalized spacial score (nSPS) is 26.0. The van der Waals surface area contributed by atoms with E-state index in [9.17, 15) is 0 Å². The largest absolute Gasteiger partial charge is 0.312 e. The van der Waals surface area contributed by atoms with Gasteiger partial charge in [-0.3, -0.25) is 0 Å². The molecule has 2 unspecified atom stereocenters. The summed E-state index contributed by atoms with van der Waals surface area (Å²) in [6.45, 7) is 7.82. The van der Waals surface area contributed by atoms with Gasteiger partial charge in [-0.05, 0) is 42.8 Å². The Bertz CT molecular complexity index is 308. The third kappa shape index (κ3) is 2.80. The molecule has 1 fully saturated rings. The monoisotopic (exact) mass is 224 g/mol. The molecule has 0 amide bonds. The zero-order chi connectivity index (χ0) is 10.7. The smallest absolute Gasteiger partial charge is 0.0303 e. The van der Waals surface area contributed by atoms with Crippen molar-refractivity contribution in [3.8, 4) is 0 Å². The van der Waals surface area contributed by atoms with Gasteiger partial charge >= 0.3 is 0 Å². The van der Waals surface area contributed by atoms with E-state index in [0.717, 1.165) is 19.0 Å². The summed E-state index contributed by atoms with van der Waals surface area (Å²) in [7, 11) is 0. The number of nitrogens with one attached hydrogen (secondary N) is 2. The molecule has 1 aliphatic rings. The molecule has 2 N–H and O–H groups in total. The first-order valence-electron chi connectivity index (χ1n) is 5.74. The summed E-state index contributed by atoms with van der Waals surface area (Å²) in [6.07, 6.45) is 1.32. The molecule has 0 aliphatic carbocycles. The van der Waals surface area contributed by atoms with Crippen LogP contribution in [0.2, 0.25) is 0 Å². The summed E-state index contributed by atoms with van der Waals surface area (Å²) in [4.78, 5) is 1.47. The van der Waals surface area contributed by atoms with Crippen LogP contribution in [-0.2, 0) is 6.54 Å². The van der Waals surface area contributed by atoms with Crippen molar-refractivity contribution < 1.29 is 0 Å². The van der Waals surface area contributed by atoms with Crippen LogP contribution in [-0.4, -0.2) is 19.1 Å². The molecule has 84 valence electrons. The lowest BCUT2D eigenvalue weighted by molar-refractivity contribution is 0.449. The molecule has 2 nitrogen and oxygen atoms in total. The molecule has 0 bridgehead atoms. The van der Waals surface area contributed by atoms with Crippen molar-refractivity contribution in [1.29, 1.82) is 0 Å². The number of rotatable bonds is 4. The van der Waals surface area contributed by atoms with Gasteiger partial charge < -0.3 is 10.6 Å². The van der Waals surface area contributed by atoms with E-state index >= 15 is 0 Å². The Balaban J connectivity index is 1.73. The van der Waals surface area contributed by atoms with Crippen molar-refractivity contribution in [2.24, 2.45) is 5.92 Å². The molecule has 1 aromatic heterocycles. The van der Waals surface area contributed by atoms with Gasteiger partial charge in [0.15, 0.2) is 0 Å². The minimum Gasteiger partial charge on any atom is -0.312 e. The van der Waals surface area contributed by atoms with E-state index in [0.29, 0.717) is 6.04 Å². The first-order valence-corrected chi connectivity index (χ1v) is 6.62. The molecule has 2 rings (SSSR count). The highest BCUT2D eigenvalue weighted by atomic mass is 32.1. The average molecular weight is 224 g/mol. The van der Waals surface area contributed by atoms with Crippen LogP contribution >= 0.6 is 11.3 Å². The highest BCUT2D eigenvalue weighted by Gasteiger charge is 2.21. The SMILES string of the molecule is Cc1ccsc1CNCC1NCCC1C. The predicted molar refractivity (Wildman–Crippen MR) is 66.3 cm³/mol.